The summed E-state index contributed by atoms with van der Waals surface area (Å²) in [6, 6.07) is 4.92. The number of rotatable bonds is 4. The number of carbonyl (C=O) groups is 2. The van der Waals surface area contributed by atoms with Crippen LogP contribution in [0.4, 0.5) is 5.69 Å². The van der Waals surface area contributed by atoms with Crippen LogP contribution in [0.1, 0.15) is 19.3 Å². The van der Waals surface area contributed by atoms with Crippen molar-refractivity contribution in [2.45, 2.75) is 25.4 Å². The van der Waals surface area contributed by atoms with Gasteiger partial charge in [0.1, 0.15) is 0 Å². The molecular weight excluding hydrogens is 339 g/mol. The third-order valence-electron chi connectivity index (χ3n) is 4.22. The van der Waals surface area contributed by atoms with Gasteiger partial charge < -0.3 is 15.0 Å². The van der Waals surface area contributed by atoms with Gasteiger partial charge in [-0.3, -0.25) is 9.59 Å². The molecule has 1 aromatic rings. The molecule has 23 heavy (non-hydrogen) atoms. The molecule has 2 fully saturated rings. The van der Waals surface area contributed by atoms with Gasteiger partial charge in [0, 0.05) is 31.8 Å². The highest BCUT2D eigenvalue weighted by Gasteiger charge is 2.36. The normalized spacial score (nSPS) is 24.3. The SMILES string of the molecule is O=C(Nc1ccc(Cl)c(Cl)c1)C1CC(=O)N(CC2CCCO2)C1. The fraction of sp³-hybridized carbons (Fsp3) is 0.500. The van der Waals surface area contributed by atoms with Crippen molar-refractivity contribution in [3.8, 4) is 0 Å². The monoisotopic (exact) mass is 356 g/mol. The van der Waals surface area contributed by atoms with E-state index in [1.54, 1.807) is 23.1 Å². The smallest absolute Gasteiger partial charge is 0.229 e. The molecule has 2 amide bonds. The number of halogens is 2. The molecule has 3 rings (SSSR count). The second kappa shape index (κ2) is 7.07. The summed E-state index contributed by atoms with van der Waals surface area (Å²) < 4.78 is 5.56. The van der Waals surface area contributed by atoms with E-state index in [4.69, 9.17) is 27.9 Å². The lowest BCUT2D eigenvalue weighted by molar-refractivity contribution is -0.129. The maximum absolute atomic E-state index is 12.3. The average Bonchev–Trinajstić information content (AvgIpc) is 3.14. The van der Waals surface area contributed by atoms with Gasteiger partial charge in [-0.25, -0.2) is 0 Å². The molecule has 7 heteroatoms. The minimum Gasteiger partial charge on any atom is -0.376 e. The van der Waals surface area contributed by atoms with Gasteiger partial charge in [-0.2, -0.15) is 0 Å². The van der Waals surface area contributed by atoms with Gasteiger partial charge in [0.05, 0.1) is 22.1 Å². The lowest BCUT2D eigenvalue weighted by Crippen LogP contribution is -2.34. The number of carbonyl (C=O) groups excluding carboxylic acids is 2. The molecule has 2 saturated heterocycles. The molecule has 2 aliphatic heterocycles. The number of benzene rings is 1. The predicted molar refractivity (Wildman–Crippen MR) is 88.8 cm³/mol. The topological polar surface area (TPSA) is 58.6 Å². The molecule has 2 heterocycles. The quantitative estimate of drug-likeness (QED) is 0.901. The van der Waals surface area contributed by atoms with E-state index in [0.29, 0.717) is 28.8 Å². The molecule has 0 bridgehead atoms. The molecule has 2 unspecified atom stereocenters. The van der Waals surface area contributed by atoms with Crippen LogP contribution in [0.5, 0.6) is 0 Å². The summed E-state index contributed by atoms with van der Waals surface area (Å²) in [6.07, 6.45) is 2.36. The second-order valence-electron chi connectivity index (χ2n) is 5.95. The minimum atomic E-state index is -0.349. The highest BCUT2D eigenvalue weighted by molar-refractivity contribution is 6.42. The first-order valence-corrected chi connectivity index (χ1v) is 8.44. The van der Waals surface area contributed by atoms with Crippen LogP contribution in [0.2, 0.25) is 10.0 Å². The summed E-state index contributed by atoms with van der Waals surface area (Å²) in [4.78, 5) is 26.2. The second-order valence-corrected chi connectivity index (χ2v) is 6.77. The van der Waals surface area contributed by atoms with Crippen molar-refractivity contribution in [2.75, 3.05) is 25.0 Å². The van der Waals surface area contributed by atoms with E-state index in [1.165, 1.54) is 0 Å². The zero-order valence-electron chi connectivity index (χ0n) is 12.6. The third kappa shape index (κ3) is 3.97. The number of amides is 2. The van der Waals surface area contributed by atoms with Crippen molar-refractivity contribution >= 4 is 40.7 Å². The number of hydrogen-bond acceptors (Lipinski definition) is 3. The van der Waals surface area contributed by atoms with E-state index in [-0.39, 0.29) is 30.3 Å². The van der Waals surface area contributed by atoms with Crippen molar-refractivity contribution in [3.05, 3.63) is 28.2 Å². The highest BCUT2D eigenvalue weighted by Crippen LogP contribution is 2.27. The van der Waals surface area contributed by atoms with Crippen molar-refractivity contribution in [2.24, 2.45) is 5.92 Å². The van der Waals surface area contributed by atoms with Crippen LogP contribution in [0.25, 0.3) is 0 Å². The summed E-state index contributed by atoms with van der Waals surface area (Å²) in [5.74, 6) is -0.514. The van der Waals surface area contributed by atoms with Crippen molar-refractivity contribution < 1.29 is 14.3 Å². The number of nitrogens with one attached hydrogen (secondary N) is 1. The Hall–Kier alpha value is -1.30. The molecule has 0 aromatic heterocycles. The Morgan fingerprint density at radius 2 is 2.17 bits per heavy atom. The van der Waals surface area contributed by atoms with Crippen LogP contribution < -0.4 is 5.32 Å². The molecule has 1 aromatic carbocycles. The molecule has 0 radical (unpaired) electrons. The van der Waals surface area contributed by atoms with E-state index in [0.717, 1.165) is 19.4 Å². The van der Waals surface area contributed by atoms with E-state index in [2.05, 4.69) is 5.32 Å². The van der Waals surface area contributed by atoms with Crippen molar-refractivity contribution in [1.82, 2.24) is 4.90 Å². The van der Waals surface area contributed by atoms with E-state index >= 15 is 0 Å². The van der Waals surface area contributed by atoms with Crippen LogP contribution in [-0.2, 0) is 14.3 Å². The molecular formula is C16H18Cl2N2O3. The van der Waals surface area contributed by atoms with Crippen LogP contribution in [0.15, 0.2) is 18.2 Å². The largest absolute Gasteiger partial charge is 0.376 e. The Kier molecular flexibility index (Phi) is 5.09. The lowest BCUT2D eigenvalue weighted by Gasteiger charge is -2.20. The third-order valence-corrected chi connectivity index (χ3v) is 4.96. The van der Waals surface area contributed by atoms with Gasteiger partial charge in [-0.1, -0.05) is 23.2 Å². The lowest BCUT2D eigenvalue weighted by atomic mass is 10.1. The number of likely N-dealkylation sites (tertiary alicyclic amines) is 1. The van der Waals surface area contributed by atoms with E-state index < -0.39 is 0 Å². The fourth-order valence-electron chi connectivity index (χ4n) is 2.98. The van der Waals surface area contributed by atoms with Crippen LogP contribution in [-0.4, -0.2) is 42.5 Å². The molecule has 1 N–H and O–H groups in total. The molecule has 0 saturated carbocycles. The number of nitrogens with zero attached hydrogens (tertiary/aromatic N) is 1. The van der Waals surface area contributed by atoms with Crippen LogP contribution >= 0.6 is 23.2 Å². The molecule has 5 nitrogen and oxygen atoms in total. The Morgan fingerprint density at radius 1 is 1.35 bits per heavy atom. The minimum absolute atomic E-state index is 0.00906. The van der Waals surface area contributed by atoms with Gasteiger partial charge in [0.2, 0.25) is 11.8 Å². The standard InChI is InChI=1S/C16H18Cl2N2O3/c17-13-4-3-11(7-14(13)18)19-16(22)10-6-15(21)20(8-10)9-12-2-1-5-23-12/h3-4,7,10,12H,1-2,5-6,8-9H2,(H,19,22). The fourth-order valence-corrected chi connectivity index (χ4v) is 3.27. The molecule has 2 aliphatic rings. The number of ether oxygens (including phenoxy) is 1. The summed E-state index contributed by atoms with van der Waals surface area (Å²) in [6.45, 7) is 1.77. The molecule has 0 aliphatic carbocycles. The van der Waals surface area contributed by atoms with Gasteiger partial charge in [0.15, 0.2) is 0 Å². The maximum Gasteiger partial charge on any atom is 0.229 e. The Morgan fingerprint density at radius 3 is 2.87 bits per heavy atom. The zero-order chi connectivity index (χ0) is 16.4. The van der Waals surface area contributed by atoms with E-state index in [1.807, 2.05) is 0 Å². The first-order chi connectivity index (χ1) is 11.0. The highest BCUT2D eigenvalue weighted by atomic mass is 35.5. The molecule has 124 valence electrons. The van der Waals surface area contributed by atoms with Crippen LogP contribution in [0, 0.1) is 5.92 Å². The van der Waals surface area contributed by atoms with Gasteiger partial charge in [0.25, 0.3) is 0 Å². The van der Waals surface area contributed by atoms with Gasteiger partial charge in [-0.05, 0) is 31.0 Å². The summed E-state index contributed by atoms with van der Waals surface area (Å²) in [5.41, 5.74) is 0.578. The Labute approximate surface area is 144 Å². The average molecular weight is 357 g/mol. The molecule has 0 spiro atoms. The van der Waals surface area contributed by atoms with Gasteiger partial charge >= 0.3 is 0 Å². The maximum atomic E-state index is 12.3. The Bertz CT molecular complexity index is 617. The van der Waals surface area contributed by atoms with Crippen molar-refractivity contribution in [1.29, 1.82) is 0 Å². The van der Waals surface area contributed by atoms with Crippen LogP contribution in [0.3, 0.4) is 0 Å². The Balaban J connectivity index is 1.57. The summed E-state index contributed by atoms with van der Waals surface area (Å²) in [5, 5.41) is 3.61. The van der Waals surface area contributed by atoms with Gasteiger partial charge in [-0.15, -0.1) is 0 Å². The zero-order valence-corrected chi connectivity index (χ0v) is 14.1. The first kappa shape index (κ1) is 16.6. The summed E-state index contributed by atoms with van der Waals surface area (Å²) in [7, 11) is 0. The van der Waals surface area contributed by atoms with Crippen molar-refractivity contribution in [3.63, 3.8) is 0 Å². The predicted octanol–water partition coefficient (Wildman–Crippen LogP) is 2.96. The molecule has 2 atom stereocenters. The van der Waals surface area contributed by atoms with E-state index in [9.17, 15) is 9.59 Å². The first-order valence-electron chi connectivity index (χ1n) is 7.68. The number of anilines is 1. The number of hydrogen-bond donors (Lipinski definition) is 1. The summed E-state index contributed by atoms with van der Waals surface area (Å²) >= 11 is 11.8.